The van der Waals surface area contributed by atoms with Crippen LogP contribution in [0.2, 0.25) is 0 Å². The van der Waals surface area contributed by atoms with E-state index in [9.17, 15) is 0 Å². The van der Waals surface area contributed by atoms with Gasteiger partial charge in [0.1, 0.15) is 0 Å². The van der Waals surface area contributed by atoms with Crippen LogP contribution in [0.1, 0.15) is 26.3 Å². The van der Waals surface area contributed by atoms with Crippen LogP contribution in [0.5, 0.6) is 0 Å². The zero-order chi connectivity index (χ0) is 13.6. The molecular formula is C14H22N2OS. The van der Waals surface area contributed by atoms with Crippen molar-refractivity contribution in [1.82, 2.24) is 5.32 Å². The van der Waals surface area contributed by atoms with Crippen molar-refractivity contribution in [3.8, 4) is 0 Å². The highest BCUT2D eigenvalue weighted by atomic mass is 32.1. The first-order chi connectivity index (χ1) is 8.45. The number of thiocarbonyl (C=S) groups is 1. The molecule has 0 heterocycles. The summed E-state index contributed by atoms with van der Waals surface area (Å²) in [4.78, 5) is 0. The van der Waals surface area contributed by atoms with E-state index in [1.54, 1.807) is 7.11 Å². The van der Waals surface area contributed by atoms with Crippen LogP contribution in [0, 0.1) is 0 Å². The Labute approximate surface area is 115 Å². The Balaban J connectivity index is 2.70. The number of rotatable bonds is 4. The van der Waals surface area contributed by atoms with Gasteiger partial charge in [-0.05, 0) is 29.3 Å². The molecule has 0 amide bonds. The van der Waals surface area contributed by atoms with E-state index in [1.807, 2.05) is 18.2 Å². The van der Waals surface area contributed by atoms with E-state index in [0.29, 0.717) is 18.3 Å². The Kier molecular flexibility index (Phi) is 5.56. The summed E-state index contributed by atoms with van der Waals surface area (Å²) >= 11 is 5.25. The quantitative estimate of drug-likeness (QED) is 0.648. The SMILES string of the molecule is COCCNC(=S)Nc1ccccc1C(C)(C)C. The second kappa shape index (κ2) is 6.71. The maximum atomic E-state index is 5.25. The van der Waals surface area contributed by atoms with Crippen molar-refractivity contribution >= 4 is 23.0 Å². The third kappa shape index (κ3) is 4.63. The van der Waals surface area contributed by atoms with Crippen LogP contribution < -0.4 is 10.6 Å². The minimum atomic E-state index is 0.0890. The van der Waals surface area contributed by atoms with Crippen molar-refractivity contribution in [2.45, 2.75) is 26.2 Å². The van der Waals surface area contributed by atoms with E-state index in [2.05, 4.69) is 37.5 Å². The number of nitrogens with one attached hydrogen (secondary N) is 2. The van der Waals surface area contributed by atoms with E-state index in [0.717, 1.165) is 5.69 Å². The fourth-order valence-electron chi connectivity index (χ4n) is 1.68. The average molecular weight is 266 g/mol. The molecule has 0 aliphatic rings. The molecule has 1 rings (SSSR count). The van der Waals surface area contributed by atoms with Gasteiger partial charge in [0.15, 0.2) is 5.11 Å². The summed E-state index contributed by atoms with van der Waals surface area (Å²) in [5.41, 5.74) is 2.40. The number of anilines is 1. The molecule has 3 nitrogen and oxygen atoms in total. The first-order valence-corrected chi connectivity index (χ1v) is 6.49. The van der Waals surface area contributed by atoms with Gasteiger partial charge in [-0.3, -0.25) is 0 Å². The summed E-state index contributed by atoms with van der Waals surface area (Å²) in [6, 6.07) is 8.23. The van der Waals surface area contributed by atoms with Gasteiger partial charge in [0.25, 0.3) is 0 Å². The number of hydrogen-bond donors (Lipinski definition) is 2. The monoisotopic (exact) mass is 266 g/mol. The molecule has 0 saturated carbocycles. The fourth-order valence-corrected chi connectivity index (χ4v) is 1.89. The second-order valence-electron chi connectivity index (χ2n) is 5.17. The summed E-state index contributed by atoms with van der Waals surface area (Å²) in [6.45, 7) is 7.92. The average Bonchev–Trinajstić information content (AvgIpc) is 2.28. The van der Waals surface area contributed by atoms with Gasteiger partial charge in [-0.15, -0.1) is 0 Å². The highest BCUT2D eigenvalue weighted by Crippen LogP contribution is 2.29. The highest BCUT2D eigenvalue weighted by Gasteiger charge is 2.17. The van der Waals surface area contributed by atoms with Gasteiger partial charge in [-0.1, -0.05) is 39.0 Å². The number of ether oxygens (including phenoxy) is 1. The van der Waals surface area contributed by atoms with Gasteiger partial charge < -0.3 is 15.4 Å². The summed E-state index contributed by atoms with van der Waals surface area (Å²) < 4.78 is 4.97. The molecule has 100 valence electrons. The fraction of sp³-hybridized carbons (Fsp3) is 0.500. The molecular weight excluding hydrogens is 244 g/mol. The lowest BCUT2D eigenvalue weighted by Gasteiger charge is -2.23. The van der Waals surface area contributed by atoms with Crippen LogP contribution in [0.4, 0.5) is 5.69 Å². The lowest BCUT2D eigenvalue weighted by molar-refractivity contribution is 0.204. The maximum Gasteiger partial charge on any atom is 0.170 e. The maximum absolute atomic E-state index is 5.25. The van der Waals surface area contributed by atoms with Crippen molar-refractivity contribution in [1.29, 1.82) is 0 Å². The standard InChI is InChI=1S/C14H22N2OS/c1-14(2,3)11-7-5-6-8-12(11)16-13(18)15-9-10-17-4/h5-8H,9-10H2,1-4H3,(H2,15,16,18). The number of hydrogen-bond acceptors (Lipinski definition) is 2. The van der Waals surface area contributed by atoms with Crippen LogP contribution in [-0.4, -0.2) is 25.4 Å². The van der Waals surface area contributed by atoms with Crippen LogP contribution >= 0.6 is 12.2 Å². The zero-order valence-corrected chi connectivity index (χ0v) is 12.4. The lowest BCUT2D eigenvalue weighted by atomic mass is 9.86. The summed E-state index contributed by atoms with van der Waals surface area (Å²) in [6.07, 6.45) is 0. The van der Waals surface area contributed by atoms with Crippen molar-refractivity contribution in [2.24, 2.45) is 0 Å². The predicted molar refractivity (Wildman–Crippen MR) is 81.2 cm³/mol. The number of para-hydroxylation sites is 1. The molecule has 1 aromatic carbocycles. The van der Waals surface area contributed by atoms with Crippen molar-refractivity contribution in [2.75, 3.05) is 25.6 Å². The van der Waals surface area contributed by atoms with Crippen LogP contribution in [0.25, 0.3) is 0 Å². The van der Waals surface area contributed by atoms with E-state index < -0.39 is 0 Å². The molecule has 0 fully saturated rings. The first-order valence-electron chi connectivity index (χ1n) is 6.08. The zero-order valence-electron chi connectivity index (χ0n) is 11.5. The van der Waals surface area contributed by atoms with Gasteiger partial charge in [0.2, 0.25) is 0 Å². The largest absolute Gasteiger partial charge is 0.383 e. The summed E-state index contributed by atoms with van der Waals surface area (Å²) in [7, 11) is 1.67. The second-order valence-corrected chi connectivity index (χ2v) is 5.58. The van der Waals surface area contributed by atoms with E-state index in [4.69, 9.17) is 17.0 Å². The van der Waals surface area contributed by atoms with E-state index in [1.165, 1.54) is 5.56 Å². The van der Waals surface area contributed by atoms with Gasteiger partial charge in [-0.25, -0.2) is 0 Å². The Morgan fingerprint density at radius 2 is 1.94 bits per heavy atom. The third-order valence-electron chi connectivity index (χ3n) is 2.58. The molecule has 0 unspecified atom stereocenters. The lowest BCUT2D eigenvalue weighted by Crippen LogP contribution is -2.32. The van der Waals surface area contributed by atoms with Gasteiger partial charge in [-0.2, -0.15) is 0 Å². The molecule has 0 spiro atoms. The molecule has 0 aliphatic heterocycles. The number of methoxy groups -OCH3 is 1. The topological polar surface area (TPSA) is 33.3 Å². The molecule has 18 heavy (non-hydrogen) atoms. The van der Waals surface area contributed by atoms with Crippen molar-refractivity contribution < 1.29 is 4.74 Å². The van der Waals surface area contributed by atoms with Crippen LogP contribution in [0.3, 0.4) is 0 Å². The Morgan fingerprint density at radius 1 is 1.28 bits per heavy atom. The minimum Gasteiger partial charge on any atom is -0.383 e. The normalized spacial score (nSPS) is 11.1. The first kappa shape index (κ1) is 14.9. The third-order valence-corrected chi connectivity index (χ3v) is 2.82. The molecule has 0 saturated heterocycles. The molecule has 2 N–H and O–H groups in total. The molecule has 1 aromatic rings. The molecule has 0 bridgehead atoms. The Hall–Kier alpha value is -1.13. The number of benzene rings is 1. The van der Waals surface area contributed by atoms with Crippen molar-refractivity contribution in [3.63, 3.8) is 0 Å². The van der Waals surface area contributed by atoms with E-state index in [-0.39, 0.29) is 5.41 Å². The molecule has 0 radical (unpaired) electrons. The molecule has 4 heteroatoms. The van der Waals surface area contributed by atoms with Crippen molar-refractivity contribution in [3.05, 3.63) is 29.8 Å². The van der Waals surface area contributed by atoms with Gasteiger partial charge in [0.05, 0.1) is 6.61 Å². The van der Waals surface area contributed by atoms with E-state index >= 15 is 0 Å². The summed E-state index contributed by atoms with van der Waals surface area (Å²) in [5, 5.41) is 6.98. The Morgan fingerprint density at radius 3 is 2.56 bits per heavy atom. The Bertz CT molecular complexity index is 399. The highest BCUT2D eigenvalue weighted by molar-refractivity contribution is 7.80. The van der Waals surface area contributed by atoms with Crippen LogP contribution in [-0.2, 0) is 10.2 Å². The predicted octanol–water partition coefficient (Wildman–Crippen LogP) is 2.92. The smallest absolute Gasteiger partial charge is 0.170 e. The molecule has 0 atom stereocenters. The molecule has 0 aliphatic carbocycles. The van der Waals surface area contributed by atoms with Crippen LogP contribution in [0.15, 0.2) is 24.3 Å². The molecule has 0 aromatic heterocycles. The summed E-state index contributed by atoms with van der Waals surface area (Å²) in [5.74, 6) is 0. The van der Waals surface area contributed by atoms with Gasteiger partial charge >= 0.3 is 0 Å². The van der Waals surface area contributed by atoms with Gasteiger partial charge in [0, 0.05) is 19.3 Å². The minimum absolute atomic E-state index is 0.0890.